The Hall–Kier alpha value is -3.11. The van der Waals surface area contributed by atoms with Gasteiger partial charge >= 0.3 is 0 Å². The molecule has 0 radical (unpaired) electrons. The van der Waals surface area contributed by atoms with Crippen LogP contribution in [0.15, 0.2) is 57.6 Å². The number of thioether (sulfide) groups is 1. The lowest BCUT2D eigenvalue weighted by Crippen LogP contribution is -2.22. The van der Waals surface area contributed by atoms with Gasteiger partial charge in [0.2, 0.25) is 11.9 Å². The minimum atomic E-state index is -0.0624. The van der Waals surface area contributed by atoms with Gasteiger partial charge in [-0.3, -0.25) is 14.3 Å². The Balaban J connectivity index is 1.35. The highest BCUT2D eigenvalue weighted by atomic mass is 32.2. The number of thiazole rings is 1. The molecule has 1 amide bonds. The predicted octanol–water partition coefficient (Wildman–Crippen LogP) is 5.26. The van der Waals surface area contributed by atoms with Crippen LogP contribution in [0.4, 0.5) is 16.8 Å². The molecule has 0 aliphatic carbocycles. The number of aromatic nitrogens is 4. The quantitative estimate of drug-likeness (QED) is 0.309. The van der Waals surface area contributed by atoms with Crippen LogP contribution in [-0.4, -0.2) is 38.7 Å². The molecule has 5 rings (SSSR count). The first-order valence-electron chi connectivity index (χ1n) is 11.2. The van der Waals surface area contributed by atoms with Crippen molar-refractivity contribution < 1.29 is 9.21 Å². The molecule has 0 bridgehead atoms. The van der Waals surface area contributed by atoms with Gasteiger partial charge in [-0.15, -0.1) is 21.5 Å². The van der Waals surface area contributed by atoms with Gasteiger partial charge in [0.25, 0.3) is 0 Å². The number of carbonyl (C=O) groups is 1. The summed E-state index contributed by atoms with van der Waals surface area (Å²) >= 11 is 3.07. The van der Waals surface area contributed by atoms with Crippen LogP contribution in [0.3, 0.4) is 0 Å². The zero-order chi connectivity index (χ0) is 23.5. The molecule has 1 aromatic carbocycles. The standard InChI is InChI=1S/C24H26N6O2S2/c1-17-7-5-8-20(13-17)30(18(2)31)23-25-19(15-33-23)16-34-24-27-26-22(28-10-3-4-11-28)29(24)14-21-9-6-12-32-21/h5-9,12-13,15H,3-4,10-11,14,16H2,1-2H3. The van der Waals surface area contributed by atoms with E-state index in [4.69, 9.17) is 9.40 Å². The Morgan fingerprint density at radius 2 is 2.06 bits per heavy atom. The SMILES string of the molecule is CC(=O)N(c1cccc(C)c1)c1nc(CSc2nnc(N3CCCC3)n2Cc2ccco2)cs1. The van der Waals surface area contributed by atoms with Gasteiger partial charge in [0.05, 0.1) is 24.2 Å². The molecule has 1 aliphatic heterocycles. The Bertz CT molecular complexity index is 1260. The molecule has 1 aliphatic rings. The monoisotopic (exact) mass is 494 g/mol. The van der Waals surface area contributed by atoms with E-state index in [2.05, 4.69) is 19.7 Å². The van der Waals surface area contributed by atoms with E-state index in [9.17, 15) is 4.79 Å². The lowest BCUT2D eigenvalue weighted by atomic mass is 10.2. The highest BCUT2D eigenvalue weighted by Crippen LogP contribution is 2.32. The number of nitrogens with zero attached hydrogens (tertiary/aromatic N) is 6. The van der Waals surface area contributed by atoms with Gasteiger partial charge in [-0.1, -0.05) is 23.9 Å². The fraction of sp³-hybridized carbons (Fsp3) is 0.333. The van der Waals surface area contributed by atoms with Gasteiger partial charge < -0.3 is 9.32 Å². The fourth-order valence-electron chi connectivity index (χ4n) is 4.03. The normalized spacial score (nSPS) is 13.5. The number of aryl methyl sites for hydroxylation is 1. The van der Waals surface area contributed by atoms with Crippen LogP contribution < -0.4 is 9.80 Å². The highest BCUT2D eigenvalue weighted by molar-refractivity contribution is 7.98. The maximum Gasteiger partial charge on any atom is 0.230 e. The minimum Gasteiger partial charge on any atom is -0.467 e. The molecule has 3 aromatic heterocycles. The first-order chi connectivity index (χ1) is 16.6. The molecule has 10 heteroatoms. The summed E-state index contributed by atoms with van der Waals surface area (Å²) in [5.74, 6) is 2.32. The van der Waals surface area contributed by atoms with Gasteiger partial charge in [0, 0.05) is 31.1 Å². The van der Waals surface area contributed by atoms with Crippen LogP contribution in [-0.2, 0) is 17.1 Å². The number of carbonyl (C=O) groups excluding carboxylic acids is 1. The second-order valence-corrected chi connectivity index (χ2v) is 10.0. The summed E-state index contributed by atoms with van der Waals surface area (Å²) in [6.45, 7) is 6.16. The van der Waals surface area contributed by atoms with Crippen LogP contribution in [0.25, 0.3) is 0 Å². The molecule has 0 saturated carbocycles. The van der Waals surface area contributed by atoms with Gasteiger partial charge in [0.15, 0.2) is 10.3 Å². The largest absolute Gasteiger partial charge is 0.467 e. The Morgan fingerprint density at radius 3 is 2.79 bits per heavy atom. The van der Waals surface area contributed by atoms with Crippen LogP contribution in [0.5, 0.6) is 0 Å². The predicted molar refractivity (Wildman–Crippen MR) is 135 cm³/mol. The van der Waals surface area contributed by atoms with Crippen molar-refractivity contribution in [2.45, 2.75) is 44.1 Å². The fourth-order valence-corrected chi connectivity index (χ4v) is 5.85. The molecule has 4 heterocycles. The second kappa shape index (κ2) is 10.0. The number of rotatable bonds is 8. The van der Waals surface area contributed by atoms with E-state index < -0.39 is 0 Å². The molecule has 8 nitrogen and oxygen atoms in total. The molecular weight excluding hydrogens is 468 g/mol. The van der Waals surface area contributed by atoms with E-state index in [0.29, 0.717) is 17.4 Å². The lowest BCUT2D eigenvalue weighted by molar-refractivity contribution is -0.115. The van der Waals surface area contributed by atoms with Crippen molar-refractivity contribution in [3.05, 3.63) is 65.1 Å². The molecule has 0 atom stereocenters. The molecule has 1 saturated heterocycles. The Labute approximate surface area is 206 Å². The highest BCUT2D eigenvalue weighted by Gasteiger charge is 2.23. The minimum absolute atomic E-state index is 0.0624. The van der Waals surface area contributed by atoms with Gasteiger partial charge in [0.1, 0.15) is 5.76 Å². The number of furan rings is 1. The smallest absolute Gasteiger partial charge is 0.230 e. The molecule has 0 unspecified atom stereocenters. The third-order valence-electron chi connectivity index (χ3n) is 5.64. The summed E-state index contributed by atoms with van der Waals surface area (Å²) in [5, 5.41) is 12.5. The molecule has 4 aromatic rings. The van der Waals surface area contributed by atoms with E-state index >= 15 is 0 Å². The van der Waals surface area contributed by atoms with Crippen molar-refractivity contribution >= 4 is 45.8 Å². The first kappa shape index (κ1) is 22.7. The molecular formula is C24H26N6O2S2. The van der Waals surface area contributed by atoms with Crippen molar-refractivity contribution in [1.29, 1.82) is 0 Å². The topological polar surface area (TPSA) is 80.3 Å². The summed E-state index contributed by atoms with van der Waals surface area (Å²) in [6, 6.07) is 11.8. The third-order valence-corrected chi connectivity index (χ3v) is 7.51. The van der Waals surface area contributed by atoms with Crippen LogP contribution in [0.1, 0.15) is 36.8 Å². The van der Waals surface area contributed by atoms with Gasteiger partial charge in [-0.25, -0.2) is 4.98 Å². The van der Waals surface area contributed by atoms with Gasteiger partial charge in [-0.05, 0) is 49.6 Å². The van der Waals surface area contributed by atoms with Crippen LogP contribution in [0.2, 0.25) is 0 Å². The summed E-state index contributed by atoms with van der Waals surface area (Å²) in [7, 11) is 0. The Kier molecular flexibility index (Phi) is 6.68. The molecule has 0 N–H and O–H groups in total. The van der Waals surface area contributed by atoms with E-state index in [0.717, 1.165) is 46.9 Å². The van der Waals surface area contributed by atoms with Crippen molar-refractivity contribution in [1.82, 2.24) is 19.7 Å². The lowest BCUT2D eigenvalue weighted by Gasteiger charge is -2.18. The van der Waals surface area contributed by atoms with E-state index in [1.807, 2.05) is 48.7 Å². The zero-order valence-corrected chi connectivity index (χ0v) is 20.8. The molecule has 1 fully saturated rings. The second-order valence-electron chi connectivity index (χ2n) is 8.25. The van der Waals surface area contributed by atoms with E-state index in [1.165, 1.54) is 24.2 Å². The third kappa shape index (κ3) is 4.88. The van der Waals surface area contributed by atoms with Crippen LogP contribution in [0, 0.1) is 6.92 Å². The number of amides is 1. The van der Waals surface area contributed by atoms with Crippen molar-refractivity contribution in [2.75, 3.05) is 22.9 Å². The van der Waals surface area contributed by atoms with E-state index in [-0.39, 0.29) is 5.91 Å². The molecule has 34 heavy (non-hydrogen) atoms. The zero-order valence-electron chi connectivity index (χ0n) is 19.2. The molecule has 176 valence electrons. The van der Waals surface area contributed by atoms with Crippen molar-refractivity contribution in [3.63, 3.8) is 0 Å². The summed E-state index contributed by atoms with van der Waals surface area (Å²) in [4.78, 5) is 21.1. The average Bonchev–Trinajstić information content (AvgIpc) is 3.61. The van der Waals surface area contributed by atoms with Crippen molar-refractivity contribution in [3.8, 4) is 0 Å². The first-order valence-corrected chi connectivity index (χ1v) is 13.1. The molecule has 0 spiro atoms. The average molecular weight is 495 g/mol. The number of hydrogen-bond donors (Lipinski definition) is 0. The number of hydrogen-bond acceptors (Lipinski definition) is 8. The maximum atomic E-state index is 12.4. The summed E-state index contributed by atoms with van der Waals surface area (Å²) < 4.78 is 7.71. The van der Waals surface area contributed by atoms with Gasteiger partial charge in [-0.2, -0.15) is 0 Å². The number of benzene rings is 1. The van der Waals surface area contributed by atoms with Crippen molar-refractivity contribution in [2.24, 2.45) is 0 Å². The van der Waals surface area contributed by atoms with E-state index in [1.54, 1.807) is 29.8 Å². The van der Waals surface area contributed by atoms with Crippen LogP contribution >= 0.6 is 23.1 Å². The maximum absolute atomic E-state index is 12.4. The number of anilines is 3. The Morgan fingerprint density at radius 1 is 1.21 bits per heavy atom. The summed E-state index contributed by atoms with van der Waals surface area (Å²) in [6.07, 6.45) is 4.03. The summed E-state index contributed by atoms with van der Waals surface area (Å²) in [5.41, 5.74) is 2.83.